The van der Waals surface area contributed by atoms with Gasteiger partial charge in [0.1, 0.15) is 5.82 Å². The summed E-state index contributed by atoms with van der Waals surface area (Å²) in [6.45, 7) is 4.71. The van der Waals surface area contributed by atoms with Gasteiger partial charge in [0.05, 0.1) is 6.04 Å². The number of pyridine rings is 1. The van der Waals surface area contributed by atoms with Gasteiger partial charge in [0.2, 0.25) is 5.91 Å². The van der Waals surface area contributed by atoms with E-state index in [1.54, 1.807) is 0 Å². The monoisotopic (exact) mass is 349 g/mol. The molecule has 2 aromatic heterocycles. The van der Waals surface area contributed by atoms with Gasteiger partial charge in [-0.2, -0.15) is 0 Å². The average molecular weight is 349 g/mol. The third-order valence-electron chi connectivity index (χ3n) is 5.00. The first-order valence-corrected chi connectivity index (χ1v) is 9.08. The standard InChI is InChI=1S/C20H23N5O/c1-14-13-16-7-3-4-8-17(16)25(14)20(26)15(2)21-11-10-19-23-22-18-9-5-6-12-24(18)19/h3-9,12,14-15,21H,10-11,13H2,1-2H3. The van der Waals surface area contributed by atoms with Gasteiger partial charge >= 0.3 is 0 Å². The maximum atomic E-state index is 13.0. The zero-order valence-electron chi connectivity index (χ0n) is 15.1. The Balaban J connectivity index is 1.39. The van der Waals surface area contributed by atoms with Crippen LogP contribution >= 0.6 is 0 Å². The number of benzene rings is 1. The van der Waals surface area contributed by atoms with Crippen molar-refractivity contribution in [3.8, 4) is 0 Å². The Bertz CT molecular complexity index is 935. The molecule has 3 heterocycles. The van der Waals surface area contributed by atoms with Crippen molar-refractivity contribution in [3.05, 3.63) is 60.0 Å². The zero-order chi connectivity index (χ0) is 18.1. The van der Waals surface area contributed by atoms with Crippen LogP contribution in [-0.2, 0) is 17.6 Å². The van der Waals surface area contributed by atoms with Gasteiger partial charge in [-0.15, -0.1) is 10.2 Å². The molecule has 6 heteroatoms. The molecule has 1 amide bonds. The first kappa shape index (κ1) is 16.7. The highest BCUT2D eigenvalue weighted by atomic mass is 16.2. The van der Waals surface area contributed by atoms with Crippen molar-refractivity contribution in [2.45, 2.75) is 38.8 Å². The van der Waals surface area contributed by atoms with Crippen molar-refractivity contribution in [2.24, 2.45) is 0 Å². The van der Waals surface area contributed by atoms with Crippen molar-refractivity contribution in [3.63, 3.8) is 0 Å². The largest absolute Gasteiger partial charge is 0.308 e. The van der Waals surface area contributed by atoms with Crippen LogP contribution in [0.15, 0.2) is 48.7 Å². The molecule has 0 aliphatic carbocycles. The molecule has 26 heavy (non-hydrogen) atoms. The molecule has 1 aliphatic heterocycles. The van der Waals surface area contributed by atoms with Crippen LogP contribution < -0.4 is 10.2 Å². The first-order chi connectivity index (χ1) is 12.6. The fraction of sp³-hybridized carbons (Fsp3) is 0.350. The minimum Gasteiger partial charge on any atom is -0.308 e. The van der Waals surface area contributed by atoms with Gasteiger partial charge in [-0.05, 0) is 44.0 Å². The van der Waals surface area contributed by atoms with E-state index in [1.165, 1.54) is 5.56 Å². The van der Waals surface area contributed by atoms with Crippen LogP contribution in [0.4, 0.5) is 5.69 Å². The van der Waals surface area contributed by atoms with Crippen LogP contribution in [0.25, 0.3) is 5.65 Å². The number of carbonyl (C=O) groups excluding carboxylic acids is 1. The van der Waals surface area contributed by atoms with Crippen LogP contribution in [0.1, 0.15) is 25.2 Å². The number of fused-ring (bicyclic) bond motifs is 2. The Morgan fingerprint density at radius 3 is 2.92 bits per heavy atom. The van der Waals surface area contributed by atoms with Gasteiger partial charge in [-0.1, -0.05) is 24.3 Å². The predicted octanol–water partition coefficient (Wildman–Crippen LogP) is 2.23. The number of hydrogen-bond donors (Lipinski definition) is 1. The van der Waals surface area contributed by atoms with Gasteiger partial charge in [-0.25, -0.2) is 0 Å². The Kier molecular flexibility index (Phi) is 4.42. The second-order valence-electron chi connectivity index (χ2n) is 6.86. The van der Waals surface area contributed by atoms with E-state index in [0.29, 0.717) is 6.54 Å². The van der Waals surface area contributed by atoms with E-state index in [2.05, 4.69) is 28.5 Å². The third-order valence-corrected chi connectivity index (χ3v) is 5.00. The molecule has 2 atom stereocenters. The quantitative estimate of drug-likeness (QED) is 0.767. The summed E-state index contributed by atoms with van der Waals surface area (Å²) in [5.74, 6) is 1.01. The summed E-state index contributed by atoms with van der Waals surface area (Å²) in [6.07, 6.45) is 3.59. The summed E-state index contributed by atoms with van der Waals surface area (Å²) in [6, 6.07) is 14.0. The first-order valence-electron chi connectivity index (χ1n) is 9.08. The highest BCUT2D eigenvalue weighted by Gasteiger charge is 2.32. The molecule has 4 rings (SSSR count). The molecule has 1 aromatic carbocycles. The summed E-state index contributed by atoms with van der Waals surface area (Å²) in [7, 11) is 0. The second kappa shape index (κ2) is 6.88. The van der Waals surface area contributed by atoms with Crippen molar-refractivity contribution in [1.82, 2.24) is 19.9 Å². The lowest BCUT2D eigenvalue weighted by Crippen LogP contribution is -2.47. The van der Waals surface area contributed by atoms with E-state index < -0.39 is 0 Å². The number of aromatic nitrogens is 3. The lowest BCUT2D eigenvalue weighted by Gasteiger charge is -2.26. The van der Waals surface area contributed by atoms with Gasteiger partial charge in [-0.3, -0.25) is 9.20 Å². The van der Waals surface area contributed by atoms with Crippen LogP contribution in [0.2, 0.25) is 0 Å². The number of rotatable bonds is 5. The minimum atomic E-state index is -0.247. The Morgan fingerprint density at radius 2 is 2.04 bits per heavy atom. The molecule has 1 aliphatic rings. The number of amides is 1. The molecule has 0 fully saturated rings. The molecule has 3 aromatic rings. The predicted molar refractivity (Wildman–Crippen MR) is 101 cm³/mol. The summed E-state index contributed by atoms with van der Waals surface area (Å²) >= 11 is 0. The lowest BCUT2D eigenvalue weighted by atomic mass is 10.1. The van der Waals surface area contributed by atoms with Gasteiger partial charge < -0.3 is 10.2 Å². The molecular formula is C20H23N5O. The molecule has 0 spiro atoms. The van der Waals surface area contributed by atoms with Crippen LogP contribution in [0.5, 0.6) is 0 Å². The van der Waals surface area contributed by atoms with Crippen molar-refractivity contribution < 1.29 is 4.79 Å². The van der Waals surface area contributed by atoms with Crippen molar-refractivity contribution >= 4 is 17.2 Å². The summed E-state index contributed by atoms with van der Waals surface area (Å²) in [5, 5.41) is 11.7. The summed E-state index contributed by atoms with van der Waals surface area (Å²) in [4.78, 5) is 14.9. The Labute approximate surface area is 152 Å². The summed E-state index contributed by atoms with van der Waals surface area (Å²) < 4.78 is 1.98. The number of carbonyl (C=O) groups is 1. The number of hydrogen-bond acceptors (Lipinski definition) is 4. The maximum Gasteiger partial charge on any atom is 0.244 e. The molecule has 2 unspecified atom stereocenters. The van der Waals surface area contributed by atoms with E-state index >= 15 is 0 Å². The zero-order valence-corrected chi connectivity index (χ0v) is 15.1. The van der Waals surface area contributed by atoms with E-state index in [9.17, 15) is 4.79 Å². The highest BCUT2D eigenvalue weighted by Crippen LogP contribution is 2.32. The highest BCUT2D eigenvalue weighted by molar-refractivity contribution is 5.99. The average Bonchev–Trinajstić information content (AvgIpc) is 3.21. The lowest BCUT2D eigenvalue weighted by molar-refractivity contribution is -0.120. The van der Waals surface area contributed by atoms with Crippen LogP contribution in [0, 0.1) is 0 Å². The van der Waals surface area contributed by atoms with Crippen molar-refractivity contribution in [2.75, 3.05) is 11.4 Å². The van der Waals surface area contributed by atoms with E-state index in [0.717, 1.165) is 30.0 Å². The topological polar surface area (TPSA) is 62.5 Å². The Hall–Kier alpha value is -2.73. The van der Waals surface area contributed by atoms with E-state index in [-0.39, 0.29) is 18.0 Å². The third kappa shape index (κ3) is 2.97. The number of nitrogens with one attached hydrogen (secondary N) is 1. The smallest absolute Gasteiger partial charge is 0.244 e. The second-order valence-corrected chi connectivity index (χ2v) is 6.86. The van der Waals surface area contributed by atoms with Gasteiger partial charge in [0, 0.05) is 30.9 Å². The SMILES string of the molecule is CC(NCCc1nnc2ccccn12)C(=O)N1c2ccccc2CC1C. The molecular weight excluding hydrogens is 326 g/mol. The number of para-hydroxylation sites is 1. The molecule has 134 valence electrons. The number of anilines is 1. The fourth-order valence-corrected chi connectivity index (χ4v) is 3.66. The molecule has 0 bridgehead atoms. The van der Waals surface area contributed by atoms with Crippen LogP contribution in [-0.4, -0.2) is 39.1 Å². The maximum absolute atomic E-state index is 13.0. The Morgan fingerprint density at radius 1 is 1.23 bits per heavy atom. The van der Waals surface area contributed by atoms with Gasteiger partial charge in [0.25, 0.3) is 0 Å². The molecule has 0 saturated carbocycles. The molecule has 0 radical (unpaired) electrons. The van der Waals surface area contributed by atoms with E-state index in [4.69, 9.17) is 0 Å². The van der Waals surface area contributed by atoms with E-state index in [1.807, 2.05) is 58.8 Å². The normalized spacial score (nSPS) is 17.5. The van der Waals surface area contributed by atoms with Gasteiger partial charge in [0.15, 0.2) is 5.65 Å². The fourth-order valence-electron chi connectivity index (χ4n) is 3.66. The van der Waals surface area contributed by atoms with Crippen molar-refractivity contribution in [1.29, 1.82) is 0 Å². The van der Waals surface area contributed by atoms with Crippen LogP contribution in [0.3, 0.4) is 0 Å². The summed E-state index contributed by atoms with van der Waals surface area (Å²) in [5.41, 5.74) is 3.13. The number of nitrogens with zero attached hydrogens (tertiary/aromatic N) is 4. The molecule has 1 N–H and O–H groups in total. The molecule has 6 nitrogen and oxygen atoms in total. The minimum absolute atomic E-state index is 0.119. The molecule has 0 saturated heterocycles.